The summed E-state index contributed by atoms with van der Waals surface area (Å²) in [4.78, 5) is 21.0. The molecule has 1 atom stereocenters. The van der Waals surface area contributed by atoms with Gasteiger partial charge in [0.15, 0.2) is 4.90 Å². The lowest BCUT2D eigenvalue weighted by atomic mass is 10.1. The zero-order chi connectivity index (χ0) is 22.3. The molecular formula is C18H12ClF4N5O2S. The van der Waals surface area contributed by atoms with E-state index in [0.717, 1.165) is 18.5 Å². The molecular weight excluding hydrogens is 462 g/mol. The van der Waals surface area contributed by atoms with Crippen molar-refractivity contribution in [3.05, 3.63) is 68.7 Å². The molecule has 0 aliphatic carbocycles. The molecule has 0 unspecified atom stereocenters. The Morgan fingerprint density at radius 1 is 1.26 bits per heavy atom. The molecule has 3 heterocycles. The van der Waals surface area contributed by atoms with Crippen LogP contribution >= 0.6 is 11.6 Å². The fourth-order valence-electron chi connectivity index (χ4n) is 3.27. The number of halogens is 5. The Kier molecular flexibility index (Phi) is 5.62. The van der Waals surface area contributed by atoms with E-state index in [1.54, 1.807) is 4.90 Å². The number of hydrogen-bond donors (Lipinski definition) is 1. The van der Waals surface area contributed by atoms with Gasteiger partial charge >= 0.3 is 6.18 Å². The van der Waals surface area contributed by atoms with E-state index in [-0.39, 0.29) is 23.0 Å². The third-order valence-electron chi connectivity index (χ3n) is 4.71. The summed E-state index contributed by atoms with van der Waals surface area (Å²) in [7, 11) is 0. The molecule has 1 aliphatic heterocycles. The summed E-state index contributed by atoms with van der Waals surface area (Å²) in [6.07, 6.45) is -2.17. The smallest absolute Gasteiger partial charge is 0.421 e. The van der Waals surface area contributed by atoms with Crippen molar-refractivity contribution in [1.29, 1.82) is 0 Å². The van der Waals surface area contributed by atoms with Gasteiger partial charge in [-0.05, 0) is 24.6 Å². The quantitative estimate of drug-likeness (QED) is 0.356. The van der Waals surface area contributed by atoms with E-state index in [1.165, 1.54) is 6.20 Å². The van der Waals surface area contributed by atoms with E-state index < -0.39 is 39.2 Å². The number of fused-ring (bicyclic) bond motifs is 1. The van der Waals surface area contributed by atoms with Gasteiger partial charge in [-0.25, -0.2) is 14.5 Å². The number of anilines is 1. The lowest BCUT2D eigenvalue weighted by molar-refractivity contribution is -0.140. The lowest BCUT2D eigenvalue weighted by Crippen LogP contribution is -2.34. The molecule has 1 aliphatic rings. The Hall–Kier alpha value is -2.70. The van der Waals surface area contributed by atoms with Gasteiger partial charge in [0.2, 0.25) is 0 Å². The van der Waals surface area contributed by atoms with Gasteiger partial charge < -0.3 is 9.45 Å². The summed E-state index contributed by atoms with van der Waals surface area (Å²) in [5.74, 6) is -1.09. The highest BCUT2D eigenvalue weighted by Crippen LogP contribution is 2.38. The van der Waals surface area contributed by atoms with Crippen LogP contribution in [0.25, 0.3) is 0 Å². The van der Waals surface area contributed by atoms with Crippen LogP contribution in [0.4, 0.5) is 23.2 Å². The monoisotopic (exact) mass is 473 g/mol. The first kappa shape index (κ1) is 21.5. The normalized spacial score (nSPS) is 15.0. The maximum absolute atomic E-state index is 13.4. The predicted octanol–water partition coefficient (Wildman–Crippen LogP) is 3.10. The molecule has 31 heavy (non-hydrogen) atoms. The Morgan fingerprint density at radius 3 is 2.77 bits per heavy atom. The first-order valence-corrected chi connectivity index (χ1v) is 10.3. The van der Waals surface area contributed by atoms with E-state index in [9.17, 15) is 26.9 Å². The van der Waals surface area contributed by atoms with Crippen LogP contribution in [0.3, 0.4) is 0 Å². The molecule has 0 bridgehead atoms. The number of rotatable bonds is 3. The number of H-pyrrole nitrogens is 1. The van der Waals surface area contributed by atoms with Gasteiger partial charge in [-0.3, -0.25) is 4.79 Å². The van der Waals surface area contributed by atoms with Crippen LogP contribution in [0.1, 0.15) is 16.8 Å². The molecule has 2 aromatic heterocycles. The van der Waals surface area contributed by atoms with Crippen LogP contribution in [0.2, 0.25) is 5.02 Å². The fourth-order valence-corrected chi connectivity index (χ4v) is 4.85. The van der Waals surface area contributed by atoms with Crippen LogP contribution in [0.15, 0.2) is 45.4 Å². The fraction of sp³-hybridized carbons (Fsp3) is 0.222. The van der Waals surface area contributed by atoms with E-state index >= 15 is 0 Å². The molecule has 1 aromatic carbocycles. The van der Waals surface area contributed by atoms with Crippen molar-refractivity contribution in [2.75, 3.05) is 11.4 Å². The number of aromatic nitrogens is 4. The molecule has 0 saturated heterocycles. The molecule has 1 N–H and O–H groups in total. The minimum Gasteiger partial charge on any atom is -0.605 e. The number of aromatic amines is 1. The summed E-state index contributed by atoms with van der Waals surface area (Å²) in [5, 5.41) is 5.80. The minimum atomic E-state index is -4.89. The molecule has 0 saturated carbocycles. The van der Waals surface area contributed by atoms with Gasteiger partial charge in [-0.2, -0.15) is 23.3 Å². The molecule has 0 fully saturated rings. The Labute approximate surface area is 180 Å². The number of benzene rings is 1. The van der Waals surface area contributed by atoms with Crippen molar-refractivity contribution >= 4 is 28.5 Å². The summed E-state index contributed by atoms with van der Waals surface area (Å²) in [6.45, 7) is 0.466. The number of alkyl halides is 3. The molecule has 0 spiro atoms. The highest BCUT2D eigenvalue weighted by atomic mass is 35.5. The summed E-state index contributed by atoms with van der Waals surface area (Å²) in [5.41, 5.74) is -0.655. The second-order valence-corrected chi connectivity index (χ2v) is 8.32. The highest BCUT2D eigenvalue weighted by Gasteiger charge is 2.40. The molecule has 4 rings (SSSR count). The van der Waals surface area contributed by atoms with Gasteiger partial charge in [-0.1, -0.05) is 11.6 Å². The van der Waals surface area contributed by atoms with Gasteiger partial charge in [-0.15, -0.1) is 0 Å². The summed E-state index contributed by atoms with van der Waals surface area (Å²) < 4.78 is 66.6. The molecule has 3 aromatic rings. The Balaban J connectivity index is 1.72. The van der Waals surface area contributed by atoms with Crippen LogP contribution in [0, 0.1) is 5.82 Å². The van der Waals surface area contributed by atoms with E-state index in [2.05, 4.69) is 20.2 Å². The summed E-state index contributed by atoms with van der Waals surface area (Å²) in [6, 6.07) is 1.98. The average Bonchev–Trinajstić information content (AvgIpc) is 2.73. The zero-order valence-corrected chi connectivity index (χ0v) is 17.0. The van der Waals surface area contributed by atoms with Crippen LogP contribution in [-0.4, -0.2) is 31.3 Å². The van der Waals surface area contributed by atoms with Crippen molar-refractivity contribution in [2.45, 2.75) is 29.1 Å². The topological polar surface area (TPSA) is 97.8 Å². The van der Waals surface area contributed by atoms with Crippen LogP contribution in [-0.2, 0) is 30.3 Å². The van der Waals surface area contributed by atoms with Gasteiger partial charge in [0.05, 0.1) is 29.7 Å². The van der Waals surface area contributed by atoms with Crippen molar-refractivity contribution in [3.63, 3.8) is 0 Å². The first-order chi connectivity index (χ1) is 14.7. The number of hydrogen-bond acceptors (Lipinski definition) is 6. The van der Waals surface area contributed by atoms with Gasteiger partial charge in [0.1, 0.15) is 22.7 Å². The second-order valence-electron chi connectivity index (χ2n) is 6.58. The maximum Gasteiger partial charge on any atom is 0.421 e. The molecule has 0 amide bonds. The SMILES string of the molecule is O=c1[nH]ncc(N2CCc3c(ncnc3[S@@+]([O-])c3ccc(F)cc3C(F)(F)F)C2)c1Cl. The van der Waals surface area contributed by atoms with E-state index in [0.29, 0.717) is 29.6 Å². The predicted molar refractivity (Wildman–Crippen MR) is 103 cm³/mol. The lowest BCUT2D eigenvalue weighted by Gasteiger charge is -2.30. The third-order valence-corrected chi connectivity index (χ3v) is 6.53. The van der Waals surface area contributed by atoms with Crippen LogP contribution in [0.5, 0.6) is 0 Å². The Bertz CT molecular complexity index is 1210. The maximum atomic E-state index is 13.4. The molecule has 7 nitrogen and oxygen atoms in total. The van der Waals surface area contributed by atoms with Gasteiger partial charge in [0.25, 0.3) is 10.6 Å². The van der Waals surface area contributed by atoms with E-state index in [1.807, 2.05) is 0 Å². The zero-order valence-electron chi connectivity index (χ0n) is 15.4. The Morgan fingerprint density at radius 2 is 2.03 bits per heavy atom. The second kappa shape index (κ2) is 8.09. The molecule has 13 heteroatoms. The van der Waals surface area contributed by atoms with Crippen molar-refractivity contribution in [2.24, 2.45) is 0 Å². The first-order valence-electron chi connectivity index (χ1n) is 8.76. The average molecular weight is 474 g/mol. The minimum absolute atomic E-state index is 0.0579. The number of nitrogens with zero attached hydrogens (tertiary/aromatic N) is 4. The van der Waals surface area contributed by atoms with Crippen molar-refractivity contribution < 1.29 is 22.1 Å². The third kappa shape index (κ3) is 4.10. The molecule has 162 valence electrons. The summed E-state index contributed by atoms with van der Waals surface area (Å²) >= 11 is 3.73. The van der Waals surface area contributed by atoms with Gasteiger partial charge in [0, 0.05) is 17.7 Å². The molecule has 0 radical (unpaired) electrons. The standard InChI is InChI=1S/C18H12ClF4N5O2S/c19-15-13(6-26-27-16(15)29)28-4-3-10-12(7-28)24-8-25-17(10)31(30)14-2-1-9(20)5-11(14)18(21,22)23/h1-2,5-6,8H,3-4,7H2,(H,27,29)/t31-/m0/s1. The highest BCUT2D eigenvalue weighted by molar-refractivity contribution is 7.91. The number of nitrogens with one attached hydrogen (secondary N) is 1. The van der Waals surface area contributed by atoms with Crippen molar-refractivity contribution in [3.8, 4) is 0 Å². The van der Waals surface area contributed by atoms with Crippen molar-refractivity contribution in [1.82, 2.24) is 20.2 Å². The van der Waals surface area contributed by atoms with Crippen LogP contribution < -0.4 is 10.5 Å². The van der Waals surface area contributed by atoms with E-state index in [4.69, 9.17) is 11.6 Å². The largest absolute Gasteiger partial charge is 0.605 e.